The molecule has 1 N–H and O–H groups in total. The molecule has 0 aliphatic carbocycles. The number of phenols is 1. The van der Waals surface area contributed by atoms with Gasteiger partial charge in [0, 0.05) is 28.5 Å². The molecule has 0 radical (unpaired) electrons. The monoisotopic (exact) mass is 429 g/mol. The highest BCUT2D eigenvalue weighted by atomic mass is 79.9. The lowest BCUT2D eigenvalue weighted by atomic mass is 10.1. The summed E-state index contributed by atoms with van der Waals surface area (Å²) in [7, 11) is 1.31. The van der Waals surface area contributed by atoms with E-state index in [-0.39, 0.29) is 22.7 Å². The molecule has 7 nitrogen and oxygen atoms in total. The van der Waals surface area contributed by atoms with Crippen LogP contribution in [0, 0.1) is 10.1 Å². The van der Waals surface area contributed by atoms with Crippen LogP contribution < -0.4 is 4.74 Å². The van der Waals surface area contributed by atoms with Crippen LogP contribution in [0.3, 0.4) is 0 Å². The number of non-ortho nitro benzene ring substituents is 1. The van der Waals surface area contributed by atoms with Crippen molar-refractivity contribution in [3.05, 3.63) is 49.0 Å². The zero-order valence-electron chi connectivity index (χ0n) is 11.2. The molecule has 0 aliphatic heterocycles. The summed E-state index contributed by atoms with van der Waals surface area (Å²) >= 11 is 6.58. The molecule has 0 spiro atoms. The van der Waals surface area contributed by atoms with Crippen molar-refractivity contribution in [1.82, 2.24) is 4.98 Å². The number of ether oxygens (including phenoxy) is 1. The molecule has 22 heavy (non-hydrogen) atoms. The summed E-state index contributed by atoms with van der Waals surface area (Å²) in [6.07, 6.45) is 2.84. The number of phenolic OH excluding ortho intramolecular Hbond substituents is 1. The van der Waals surface area contributed by atoms with Crippen LogP contribution in [0.15, 0.2) is 38.3 Å². The van der Waals surface area contributed by atoms with Crippen LogP contribution in [0.5, 0.6) is 11.5 Å². The summed E-state index contributed by atoms with van der Waals surface area (Å²) in [6.45, 7) is 0. The number of benzene rings is 1. The van der Waals surface area contributed by atoms with Gasteiger partial charge in [-0.05, 0) is 37.9 Å². The highest BCUT2D eigenvalue weighted by Crippen LogP contribution is 2.34. The maximum atomic E-state index is 10.9. The number of methoxy groups -OCH3 is 1. The SMILES string of the molecule is COc1cc([N+](=O)[O-])cc(C=Nc2ncc(Br)cc2Br)c1O. The van der Waals surface area contributed by atoms with Crippen LogP contribution in [0.4, 0.5) is 11.5 Å². The van der Waals surface area contributed by atoms with Crippen molar-refractivity contribution in [3.63, 3.8) is 0 Å². The van der Waals surface area contributed by atoms with Gasteiger partial charge in [0.1, 0.15) is 0 Å². The molecule has 1 aromatic heterocycles. The van der Waals surface area contributed by atoms with Gasteiger partial charge in [-0.15, -0.1) is 0 Å². The lowest BCUT2D eigenvalue weighted by molar-refractivity contribution is -0.385. The van der Waals surface area contributed by atoms with Gasteiger partial charge in [-0.1, -0.05) is 0 Å². The summed E-state index contributed by atoms with van der Waals surface area (Å²) in [5.41, 5.74) is -0.0541. The van der Waals surface area contributed by atoms with Crippen molar-refractivity contribution in [2.24, 2.45) is 4.99 Å². The maximum Gasteiger partial charge on any atom is 0.274 e. The Morgan fingerprint density at radius 2 is 2.14 bits per heavy atom. The van der Waals surface area contributed by atoms with E-state index < -0.39 is 4.92 Å². The number of aromatic nitrogens is 1. The minimum absolute atomic E-state index is 0.00141. The number of hydrogen-bond acceptors (Lipinski definition) is 6. The number of hydrogen-bond donors (Lipinski definition) is 1. The summed E-state index contributed by atoms with van der Waals surface area (Å²) in [5.74, 6) is 0.136. The molecular formula is C13H9Br2N3O4. The molecule has 1 heterocycles. The third-order valence-corrected chi connectivity index (χ3v) is 3.65. The standard InChI is InChI=1S/C13H9Br2N3O4/c1-22-11-4-9(18(20)21)2-7(12(11)19)5-16-13-10(15)3-8(14)6-17-13/h2-6,19H,1H3. The number of nitro groups is 1. The number of aromatic hydroxyl groups is 1. The molecule has 0 amide bonds. The van der Waals surface area contributed by atoms with E-state index in [4.69, 9.17) is 4.74 Å². The Hall–Kier alpha value is -2.00. The first-order valence-corrected chi connectivity index (χ1v) is 7.41. The number of aliphatic imine (C=N–C) groups is 1. The summed E-state index contributed by atoms with van der Waals surface area (Å²) < 4.78 is 6.33. The van der Waals surface area contributed by atoms with Crippen molar-refractivity contribution < 1.29 is 14.8 Å². The third-order valence-electron chi connectivity index (χ3n) is 2.63. The molecule has 0 unspecified atom stereocenters. The van der Waals surface area contributed by atoms with Crippen molar-refractivity contribution in [2.45, 2.75) is 0 Å². The summed E-state index contributed by atoms with van der Waals surface area (Å²) in [6, 6.07) is 4.10. The van der Waals surface area contributed by atoms with Gasteiger partial charge < -0.3 is 9.84 Å². The number of pyridine rings is 1. The zero-order chi connectivity index (χ0) is 16.3. The van der Waals surface area contributed by atoms with Crippen LogP contribution in [-0.4, -0.2) is 28.3 Å². The molecule has 2 aromatic rings. The molecule has 9 heteroatoms. The summed E-state index contributed by atoms with van der Waals surface area (Å²) in [4.78, 5) is 18.5. The molecule has 0 aliphatic rings. The van der Waals surface area contributed by atoms with E-state index >= 15 is 0 Å². The molecule has 2 rings (SSSR count). The van der Waals surface area contributed by atoms with Crippen LogP contribution >= 0.6 is 31.9 Å². The maximum absolute atomic E-state index is 10.9. The first-order chi connectivity index (χ1) is 10.4. The second kappa shape index (κ2) is 6.84. The lowest BCUT2D eigenvalue weighted by Gasteiger charge is -2.06. The van der Waals surface area contributed by atoms with Gasteiger partial charge in [0.2, 0.25) is 0 Å². The Morgan fingerprint density at radius 3 is 2.73 bits per heavy atom. The van der Waals surface area contributed by atoms with E-state index in [1.54, 1.807) is 12.3 Å². The number of halogens is 2. The highest BCUT2D eigenvalue weighted by molar-refractivity contribution is 9.11. The lowest BCUT2D eigenvalue weighted by Crippen LogP contribution is -1.94. The molecule has 0 atom stereocenters. The molecule has 114 valence electrons. The van der Waals surface area contributed by atoms with E-state index in [1.165, 1.54) is 19.4 Å². The fourth-order valence-corrected chi connectivity index (χ4v) is 2.70. The van der Waals surface area contributed by atoms with Gasteiger partial charge in [-0.2, -0.15) is 0 Å². The Morgan fingerprint density at radius 1 is 1.41 bits per heavy atom. The average molecular weight is 431 g/mol. The van der Waals surface area contributed by atoms with Crippen molar-refractivity contribution in [1.29, 1.82) is 0 Å². The largest absolute Gasteiger partial charge is 0.504 e. The Labute approximate surface area is 142 Å². The topological polar surface area (TPSA) is 97.9 Å². The molecule has 0 saturated carbocycles. The molecular weight excluding hydrogens is 422 g/mol. The number of rotatable bonds is 4. The molecule has 1 aromatic carbocycles. The van der Waals surface area contributed by atoms with Gasteiger partial charge in [0.15, 0.2) is 17.3 Å². The average Bonchev–Trinajstić information content (AvgIpc) is 2.47. The minimum Gasteiger partial charge on any atom is -0.504 e. The van der Waals surface area contributed by atoms with E-state index in [0.29, 0.717) is 10.3 Å². The first kappa shape index (κ1) is 16.4. The van der Waals surface area contributed by atoms with Crippen LogP contribution in [0.1, 0.15) is 5.56 Å². The smallest absolute Gasteiger partial charge is 0.274 e. The minimum atomic E-state index is -0.576. The fraction of sp³-hybridized carbons (Fsp3) is 0.0769. The number of nitro benzene ring substituents is 1. The molecule has 0 saturated heterocycles. The van der Waals surface area contributed by atoms with Gasteiger partial charge >= 0.3 is 0 Å². The fourth-order valence-electron chi connectivity index (χ4n) is 1.61. The predicted octanol–water partition coefficient (Wildman–Crippen LogP) is 3.98. The van der Waals surface area contributed by atoms with Crippen molar-refractivity contribution in [2.75, 3.05) is 7.11 Å². The quantitative estimate of drug-likeness (QED) is 0.449. The first-order valence-electron chi connectivity index (χ1n) is 5.83. The van der Waals surface area contributed by atoms with Gasteiger partial charge in [0.25, 0.3) is 5.69 Å². The molecule has 0 fully saturated rings. The Kier molecular flexibility index (Phi) is 5.09. The van der Waals surface area contributed by atoms with Gasteiger partial charge in [-0.3, -0.25) is 10.1 Å². The molecule has 0 bridgehead atoms. The second-order valence-corrected chi connectivity index (χ2v) is 5.83. The zero-order valence-corrected chi connectivity index (χ0v) is 14.3. The van der Waals surface area contributed by atoms with E-state index in [2.05, 4.69) is 41.8 Å². The number of nitrogens with zero attached hydrogens (tertiary/aromatic N) is 3. The Balaban J connectivity index is 2.45. The van der Waals surface area contributed by atoms with Crippen LogP contribution in [0.2, 0.25) is 0 Å². The van der Waals surface area contributed by atoms with Gasteiger partial charge in [0.05, 0.1) is 22.6 Å². The van der Waals surface area contributed by atoms with E-state index in [0.717, 1.165) is 10.5 Å². The second-order valence-electron chi connectivity index (χ2n) is 4.06. The summed E-state index contributed by atoms with van der Waals surface area (Å²) in [5, 5.41) is 20.9. The van der Waals surface area contributed by atoms with Gasteiger partial charge in [-0.25, -0.2) is 9.98 Å². The third kappa shape index (κ3) is 3.60. The van der Waals surface area contributed by atoms with E-state index in [9.17, 15) is 15.2 Å². The predicted molar refractivity (Wildman–Crippen MR) is 88.2 cm³/mol. The highest BCUT2D eigenvalue weighted by Gasteiger charge is 2.15. The normalized spacial score (nSPS) is 10.9. The van der Waals surface area contributed by atoms with Crippen LogP contribution in [-0.2, 0) is 0 Å². The van der Waals surface area contributed by atoms with Crippen molar-refractivity contribution in [3.8, 4) is 11.5 Å². The Bertz CT molecular complexity index is 765. The van der Waals surface area contributed by atoms with E-state index in [1.807, 2.05) is 0 Å². The van der Waals surface area contributed by atoms with Crippen molar-refractivity contribution >= 4 is 49.6 Å². The van der Waals surface area contributed by atoms with Crippen LogP contribution in [0.25, 0.3) is 0 Å².